The molecule has 3 rings (SSSR count). The average molecular weight is 412 g/mol. The lowest BCUT2D eigenvalue weighted by atomic mass is 10.0. The summed E-state index contributed by atoms with van der Waals surface area (Å²) >= 11 is -2.49. The van der Waals surface area contributed by atoms with Crippen LogP contribution in [-0.4, -0.2) is 30.9 Å². The Hall–Kier alpha value is -3.69. The molecule has 0 spiro atoms. The summed E-state index contributed by atoms with van der Waals surface area (Å²) in [5, 5.41) is 18.9. The molecule has 0 radical (unpaired) electrons. The zero-order valence-corrected chi connectivity index (χ0v) is 15.7. The van der Waals surface area contributed by atoms with Crippen LogP contribution in [0.3, 0.4) is 0 Å². The van der Waals surface area contributed by atoms with Gasteiger partial charge in [0.1, 0.15) is 11.3 Å². The van der Waals surface area contributed by atoms with Gasteiger partial charge >= 0.3 is 5.97 Å². The zero-order chi connectivity index (χ0) is 21.1. The number of carboxylic acid groups (broad SMARTS) is 1. The smallest absolute Gasteiger partial charge is 0.339 e. The number of carbonyl (C=O) groups is 2. The number of hydrogen-bond acceptors (Lipinski definition) is 4. The van der Waals surface area contributed by atoms with Gasteiger partial charge in [-0.2, -0.15) is 0 Å². The van der Waals surface area contributed by atoms with E-state index < -0.39 is 28.9 Å². The first-order valence-electron chi connectivity index (χ1n) is 8.25. The van der Waals surface area contributed by atoms with Crippen molar-refractivity contribution in [3.05, 3.63) is 77.9 Å². The molecule has 5 N–H and O–H groups in total. The Morgan fingerprint density at radius 1 is 0.897 bits per heavy atom. The predicted molar refractivity (Wildman–Crippen MR) is 108 cm³/mol. The lowest BCUT2D eigenvalue weighted by molar-refractivity contribution is 0.0693. The molecule has 0 aliphatic rings. The van der Waals surface area contributed by atoms with Gasteiger partial charge in [0.05, 0.1) is 11.4 Å². The van der Waals surface area contributed by atoms with E-state index in [1.54, 1.807) is 48.5 Å². The molecular formula is C20H16N2O6S. The Labute approximate surface area is 168 Å². The van der Waals surface area contributed by atoms with Crippen molar-refractivity contribution in [1.29, 1.82) is 0 Å². The molecule has 1 unspecified atom stereocenters. The Bertz CT molecular complexity index is 1110. The molecule has 0 fully saturated rings. The second-order valence-corrected chi connectivity index (χ2v) is 6.85. The quantitative estimate of drug-likeness (QED) is 0.458. The molecule has 0 saturated carbocycles. The van der Waals surface area contributed by atoms with Gasteiger partial charge in [0.15, 0.2) is 0 Å². The third-order valence-electron chi connectivity index (χ3n) is 4.19. The summed E-state index contributed by atoms with van der Waals surface area (Å²) in [4.78, 5) is 22.3. The highest BCUT2D eigenvalue weighted by molar-refractivity contribution is 7.81. The monoisotopic (exact) mass is 412 g/mol. The Morgan fingerprint density at radius 3 is 2.10 bits per heavy atom. The van der Waals surface area contributed by atoms with E-state index in [4.69, 9.17) is 10.8 Å². The number of anilines is 2. The second-order valence-electron chi connectivity index (χ2n) is 6.02. The van der Waals surface area contributed by atoms with Crippen molar-refractivity contribution < 1.29 is 28.6 Å². The summed E-state index contributed by atoms with van der Waals surface area (Å²) < 4.78 is 22.8. The zero-order valence-electron chi connectivity index (χ0n) is 14.9. The third-order valence-corrected chi connectivity index (χ3v) is 4.92. The molecule has 0 heterocycles. The Balaban J connectivity index is 2.02. The first kappa shape index (κ1) is 20.1. The van der Waals surface area contributed by atoms with Gasteiger partial charge in [-0.3, -0.25) is 9.35 Å². The molecule has 0 aliphatic carbocycles. The summed E-state index contributed by atoms with van der Waals surface area (Å²) in [5.41, 5.74) is 7.22. The highest BCUT2D eigenvalue weighted by Gasteiger charge is 2.19. The van der Waals surface area contributed by atoms with Crippen LogP contribution >= 0.6 is 0 Å². The number of nitrogens with two attached hydrogens (primary N) is 1. The molecule has 0 aromatic heterocycles. The number of nitrogens with zero attached hydrogens (tertiary/aromatic N) is 1. The van der Waals surface area contributed by atoms with Gasteiger partial charge in [-0.15, -0.1) is 0 Å². The van der Waals surface area contributed by atoms with E-state index in [1.807, 2.05) is 0 Å². The Morgan fingerprint density at radius 2 is 1.55 bits per heavy atom. The summed E-state index contributed by atoms with van der Waals surface area (Å²) in [6, 6.07) is 16.8. The average Bonchev–Trinajstić information content (AvgIpc) is 2.68. The van der Waals surface area contributed by atoms with Crippen LogP contribution in [-0.2, 0) is 11.3 Å². The fourth-order valence-corrected chi connectivity index (χ4v) is 3.38. The minimum atomic E-state index is -2.49. The van der Waals surface area contributed by atoms with Crippen molar-refractivity contribution in [3.63, 3.8) is 0 Å². The number of amides is 1. The van der Waals surface area contributed by atoms with Gasteiger partial charge in [-0.05, 0) is 47.5 Å². The van der Waals surface area contributed by atoms with Crippen LogP contribution < -0.4 is 10.0 Å². The van der Waals surface area contributed by atoms with Crippen molar-refractivity contribution in [2.45, 2.75) is 0 Å². The third kappa shape index (κ3) is 4.26. The predicted octanol–water partition coefficient (Wildman–Crippen LogP) is 3.13. The number of hydrogen-bond donors (Lipinski definition) is 4. The van der Waals surface area contributed by atoms with Gasteiger partial charge < -0.3 is 15.9 Å². The molecule has 0 aliphatic heterocycles. The van der Waals surface area contributed by atoms with Crippen molar-refractivity contribution in [2.75, 3.05) is 4.31 Å². The first-order valence-corrected chi connectivity index (χ1v) is 9.32. The van der Waals surface area contributed by atoms with Crippen molar-refractivity contribution in [3.8, 4) is 16.9 Å². The topological polar surface area (TPSA) is 141 Å². The van der Waals surface area contributed by atoms with E-state index in [2.05, 4.69) is 0 Å². The van der Waals surface area contributed by atoms with Gasteiger partial charge in [0.2, 0.25) is 5.91 Å². The molecule has 29 heavy (non-hydrogen) atoms. The number of primary amides is 1. The Kier molecular flexibility index (Phi) is 5.62. The molecule has 3 aromatic carbocycles. The molecule has 148 valence electrons. The van der Waals surface area contributed by atoms with E-state index in [9.17, 15) is 23.5 Å². The number of carbonyl (C=O) groups excluding carboxylic acids is 1. The van der Waals surface area contributed by atoms with E-state index in [1.165, 1.54) is 6.07 Å². The van der Waals surface area contributed by atoms with Gasteiger partial charge in [0, 0.05) is 11.6 Å². The number of aromatic carboxylic acids is 1. The van der Waals surface area contributed by atoms with E-state index >= 15 is 0 Å². The lowest BCUT2D eigenvalue weighted by Gasteiger charge is -2.21. The fraction of sp³-hybridized carbons (Fsp3) is 0. The van der Waals surface area contributed by atoms with E-state index in [0.29, 0.717) is 16.8 Å². The molecule has 0 saturated heterocycles. The van der Waals surface area contributed by atoms with Crippen LogP contribution in [0.4, 0.5) is 11.4 Å². The number of rotatable bonds is 6. The minimum Gasteiger partial charge on any atom is -0.507 e. The first-order chi connectivity index (χ1) is 13.8. The van der Waals surface area contributed by atoms with Gasteiger partial charge in [0.25, 0.3) is 11.3 Å². The number of carboxylic acids is 1. The van der Waals surface area contributed by atoms with Crippen LogP contribution in [0.2, 0.25) is 0 Å². The van der Waals surface area contributed by atoms with Crippen LogP contribution in [0.15, 0.2) is 66.7 Å². The minimum absolute atomic E-state index is 0.134. The molecule has 3 aromatic rings. The summed E-state index contributed by atoms with van der Waals surface area (Å²) in [6.45, 7) is 0. The van der Waals surface area contributed by atoms with Crippen molar-refractivity contribution in [2.24, 2.45) is 5.73 Å². The maximum Gasteiger partial charge on any atom is 0.339 e. The number of aromatic hydroxyl groups is 1. The van der Waals surface area contributed by atoms with Gasteiger partial charge in [-0.25, -0.2) is 13.3 Å². The maximum absolute atomic E-state index is 12.0. The van der Waals surface area contributed by atoms with Crippen molar-refractivity contribution >= 4 is 34.5 Å². The van der Waals surface area contributed by atoms with Crippen molar-refractivity contribution in [1.82, 2.24) is 0 Å². The maximum atomic E-state index is 12.0. The molecule has 1 amide bonds. The highest BCUT2D eigenvalue weighted by atomic mass is 32.2. The van der Waals surface area contributed by atoms with E-state index in [-0.39, 0.29) is 11.3 Å². The number of benzene rings is 3. The van der Waals surface area contributed by atoms with Crippen LogP contribution in [0.5, 0.6) is 5.75 Å². The normalized spacial score (nSPS) is 11.6. The molecule has 8 nitrogen and oxygen atoms in total. The second kappa shape index (κ2) is 8.13. The number of phenols is 1. The standard InChI is InChI=1S/C20H16N2O6S/c21-19(24)13-6-4-12(5-7-13)14-2-1-3-15(10-14)22(29(27)28)16-8-9-17(20(25)26)18(23)11-16/h1-11,23H,(H2,21,24)(H,25,26)(H,27,28). The van der Waals surface area contributed by atoms with Crippen LogP contribution in [0.25, 0.3) is 11.1 Å². The molecule has 9 heteroatoms. The largest absolute Gasteiger partial charge is 0.507 e. The summed E-state index contributed by atoms with van der Waals surface area (Å²) in [7, 11) is 0. The molecule has 1 atom stereocenters. The van der Waals surface area contributed by atoms with Crippen LogP contribution in [0.1, 0.15) is 20.7 Å². The highest BCUT2D eigenvalue weighted by Crippen LogP contribution is 2.33. The van der Waals surface area contributed by atoms with E-state index in [0.717, 1.165) is 22.0 Å². The lowest BCUT2D eigenvalue weighted by Crippen LogP contribution is -2.19. The SMILES string of the molecule is NC(=O)c1ccc(-c2cccc(N(c3ccc(C(=O)O)c(O)c3)S(=O)O)c2)cc1. The summed E-state index contributed by atoms with van der Waals surface area (Å²) in [5.74, 6) is -2.38. The fourth-order valence-electron chi connectivity index (χ4n) is 2.80. The molecular weight excluding hydrogens is 396 g/mol. The molecule has 0 bridgehead atoms. The van der Waals surface area contributed by atoms with Gasteiger partial charge in [-0.1, -0.05) is 24.3 Å². The summed E-state index contributed by atoms with van der Waals surface area (Å²) in [6.07, 6.45) is 0. The van der Waals surface area contributed by atoms with Crippen LogP contribution in [0, 0.1) is 0 Å².